The van der Waals surface area contributed by atoms with Gasteiger partial charge in [0.05, 0.1) is 23.0 Å². The Morgan fingerprint density at radius 2 is 2.35 bits per heavy atom. The molecule has 0 aliphatic heterocycles. The van der Waals surface area contributed by atoms with Gasteiger partial charge in [-0.3, -0.25) is 4.79 Å². The lowest BCUT2D eigenvalue weighted by molar-refractivity contribution is 0.0958. The summed E-state index contributed by atoms with van der Waals surface area (Å²) in [5.41, 5.74) is 9.19. The van der Waals surface area contributed by atoms with Crippen molar-refractivity contribution in [3.63, 3.8) is 0 Å². The van der Waals surface area contributed by atoms with Crippen LogP contribution in [0.15, 0.2) is 21.7 Å². The van der Waals surface area contributed by atoms with E-state index in [0.29, 0.717) is 38.1 Å². The van der Waals surface area contributed by atoms with Crippen LogP contribution < -0.4 is 15.9 Å². The summed E-state index contributed by atoms with van der Waals surface area (Å²) < 4.78 is 5.80. The second kappa shape index (κ2) is 7.42. The van der Waals surface area contributed by atoms with Crippen molar-refractivity contribution in [3.05, 3.63) is 32.7 Å². The highest BCUT2D eigenvalue weighted by atomic mass is 79.9. The Kier molecular flexibility index (Phi) is 5.56. The summed E-state index contributed by atoms with van der Waals surface area (Å²) >= 11 is 4.34. The number of carbonyl (C=O) groups is 1. The van der Waals surface area contributed by atoms with E-state index in [1.165, 1.54) is 6.21 Å². The smallest absolute Gasteiger partial charge is 0.283 e. The van der Waals surface area contributed by atoms with Crippen LogP contribution in [-0.2, 0) is 0 Å². The number of phenols is 1. The van der Waals surface area contributed by atoms with E-state index in [-0.39, 0.29) is 11.7 Å². The number of phenolic OH excluding ortho intramolecular Hbond substituents is 1. The average molecular weight is 399 g/mol. The van der Waals surface area contributed by atoms with Gasteiger partial charge in [0.25, 0.3) is 5.91 Å². The molecule has 1 aromatic heterocycles. The number of nitrogens with two attached hydrogens (primary N) is 1. The van der Waals surface area contributed by atoms with E-state index in [1.54, 1.807) is 19.1 Å². The van der Waals surface area contributed by atoms with Crippen LogP contribution in [0.3, 0.4) is 0 Å². The molecular weight excluding hydrogens is 384 g/mol. The van der Waals surface area contributed by atoms with E-state index in [4.69, 9.17) is 10.5 Å². The number of hydrogen-bond acceptors (Lipinski definition) is 7. The zero-order valence-corrected chi connectivity index (χ0v) is 14.9. The van der Waals surface area contributed by atoms with Crippen molar-refractivity contribution in [1.82, 2.24) is 10.4 Å². The number of hydrazone groups is 1. The average Bonchev–Trinajstić information content (AvgIpc) is 2.83. The molecule has 0 aliphatic rings. The van der Waals surface area contributed by atoms with Crippen LogP contribution in [0.2, 0.25) is 0 Å². The summed E-state index contributed by atoms with van der Waals surface area (Å²) in [4.78, 5) is 16.4. The molecule has 122 valence electrons. The van der Waals surface area contributed by atoms with Crippen LogP contribution >= 0.6 is 27.3 Å². The second-order valence-electron chi connectivity index (χ2n) is 4.45. The lowest BCUT2D eigenvalue weighted by Crippen LogP contribution is -2.17. The molecule has 1 amide bonds. The van der Waals surface area contributed by atoms with Gasteiger partial charge in [-0.15, -0.1) is 0 Å². The summed E-state index contributed by atoms with van der Waals surface area (Å²) in [7, 11) is 0. The Bertz CT molecular complexity index is 761. The normalized spacial score (nSPS) is 10.9. The van der Waals surface area contributed by atoms with Crippen molar-refractivity contribution in [2.75, 3.05) is 12.3 Å². The topological polar surface area (TPSA) is 110 Å². The van der Waals surface area contributed by atoms with Gasteiger partial charge in [0.2, 0.25) is 0 Å². The number of amides is 1. The van der Waals surface area contributed by atoms with Gasteiger partial charge in [-0.25, -0.2) is 10.4 Å². The maximum absolute atomic E-state index is 12.0. The molecular formula is C14H15BrN4O3S. The number of rotatable bonds is 5. The molecule has 0 aliphatic carbocycles. The number of nitrogen functional groups attached to an aromatic ring is 1. The van der Waals surface area contributed by atoms with Gasteiger partial charge in [0.1, 0.15) is 4.88 Å². The second-order valence-corrected chi connectivity index (χ2v) is 6.33. The Hall–Kier alpha value is -2.13. The van der Waals surface area contributed by atoms with Gasteiger partial charge in [-0.2, -0.15) is 5.10 Å². The van der Waals surface area contributed by atoms with E-state index in [9.17, 15) is 9.90 Å². The number of anilines is 1. The molecule has 23 heavy (non-hydrogen) atoms. The van der Waals surface area contributed by atoms with Gasteiger partial charge in [-0.05, 0) is 47.5 Å². The molecule has 7 nitrogen and oxygen atoms in total. The first-order chi connectivity index (χ1) is 10.9. The summed E-state index contributed by atoms with van der Waals surface area (Å²) in [6.45, 7) is 3.94. The number of carbonyl (C=O) groups excluding carboxylic acids is 1. The molecule has 0 atom stereocenters. The zero-order valence-electron chi connectivity index (χ0n) is 12.5. The van der Waals surface area contributed by atoms with Crippen molar-refractivity contribution in [3.8, 4) is 11.5 Å². The summed E-state index contributed by atoms with van der Waals surface area (Å²) in [5, 5.41) is 14.1. The number of nitrogens with one attached hydrogen (secondary N) is 1. The Labute approximate surface area is 145 Å². The standard InChI is InChI=1S/C14H15BrN4O3S/c1-3-22-10-5-8(4-9(15)11(10)20)6-17-19-13(21)12-7(2)18-14(16)23-12/h4-6,20H,3H2,1-2H3,(H2,16,18)(H,19,21)/b17-6+. The largest absolute Gasteiger partial charge is 0.503 e. The molecule has 0 bridgehead atoms. The van der Waals surface area contributed by atoms with Crippen LogP contribution in [0, 0.1) is 6.92 Å². The summed E-state index contributed by atoms with van der Waals surface area (Å²) in [5.74, 6) is -0.0275. The van der Waals surface area contributed by atoms with Gasteiger partial charge < -0.3 is 15.6 Å². The number of aromatic nitrogens is 1. The zero-order chi connectivity index (χ0) is 17.0. The molecule has 1 heterocycles. The minimum atomic E-state index is -0.379. The predicted molar refractivity (Wildman–Crippen MR) is 93.3 cm³/mol. The molecule has 2 rings (SSSR count). The van der Waals surface area contributed by atoms with Crippen LogP contribution in [-0.4, -0.2) is 28.8 Å². The SMILES string of the molecule is CCOc1cc(/C=N/NC(=O)c2sc(N)nc2C)cc(Br)c1O. The third kappa shape index (κ3) is 4.20. The highest BCUT2D eigenvalue weighted by molar-refractivity contribution is 9.10. The molecule has 1 aromatic carbocycles. The number of aryl methyl sites for hydroxylation is 1. The van der Waals surface area contributed by atoms with E-state index >= 15 is 0 Å². The monoisotopic (exact) mass is 398 g/mol. The van der Waals surface area contributed by atoms with Gasteiger partial charge in [0, 0.05) is 0 Å². The van der Waals surface area contributed by atoms with Gasteiger partial charge in [-0.1, -0.05) is 11.3 Å². The third-order valence-corrected chi connectivity index (χ3v) is 4.34. The lowest BCUT2D eigenvalue weighted by Gasteiger charge is -2.08. The summed E-state index contributed by atoms with van der Waals surface area (Å²) in [6.07, 6.45) is 1.45. The first-order valence-corrected chi connectivity index (χ1v) is 8.25. The van der Waals surface area contributed by atoms with Crippen molar-refractivity contribution >= 4 is 44.5 Å². The Morgan fingerprint density at radius 3 is 2.96 bits per heavy atom. The maximum atomic E-state index is 12.0. The Morgan fingerprint density at radius 1 is 1.61 bits per heavy atom. The highest BCUT2D eigenvalue weighted by Gasteiger charge is 2.13. The number of hydrogen-bond donors (Lipinski definition) is 3. The minimum absolute atomic E-state index is 0.0174. The molecule has 0 spiro atoms. The quantitative estimate of drug-likeness (QED) is 0.529. The van der Waals surface area contributed by atoms with E-state index < -0.39 is 0 Å². The number of aromatic hydroxyl groups is 1. The van der Waals surface area contributed by atoms with Crippen molar-refractivity contribution < 1.29 is 14.6 Å². The lowest BCUT2D eigenvalue weighted by atomic mass is 10.2. The van der Waals surface area contributed by atoms with E-state index in [2.05, 4.69) is 31.4 Å². The highest BCUT2D eigenvalue weighted by Crippen LogP contribution is 2.35. The van der Waals surface area contributed by atoms with Crippen LogP contribution in [0.1, 0.15) is 27.9 Å². The fourth-order valence-corrected chi connectivity index (χ4v) is 2.96. The Balaban J connectivity index is 2.11. The first-order valence-electron chi connectivity index (χ1n) is 6.64. The fraction of sp³-hybridized carbons (Fsp3) is 0.214. The van der Waals surface area contributed by atoms with Crippen LogP contribution in [0.5, 0.6) is 11.5 Å². The van der Waals surface area contributed by atoms with Crippen LogP contribution in [0.4, 0.5) is 5.13 Å². The molecule has 0 radical (unpaired) electrons. The third-order valence-electron chi connectivity index (χ3n) is 2.75. The molecule has 0 fully saturated rings. The molecule has 9 heteroatoms. The summed E-state index contributed by atoms with van der Waals surface area (Å²) in [6, 6.07) is 3.28. The number of ether oxygens (including phenoxy) is 1. The molecule has 0 saturated carbocycles. The predicted octanol–water partition coefficient (Wildman–Crippen LogP) is 2.66. The number of benzene rings is 1. The van der Waals surface area contributed by atoms with E-state index in [1.807, 2.05) is 6.92 Å². The number of halogens is 1. The molecule has 0 saturated heterocycles. The van der Waals surface area contributed by atoms with Gasteiger partial charge >= 0.3 is 0 Å². The van der Waals surface area contributed by atoms with Crippen molar-refractivity contribution in [1.29, 1.82) is 0 Å². The van der Waals surface area contributed by atoms with Gasteiger partial charge in [0.15, 0.2) is 16.6 Å². The molecule has 4 N–H and O–H groups in total. The molecule has 2 aromatic rings. The van der Waals surface area contributed by atoms with Crippen LogP contribution in [0.25, 0.3) is 0 Å². The van der Waals surface area contributed by atoms with E-state index in [0.717, 1.165) is 11.3 Å². The minimum Gasteiger partial charge on any atom is -0.503 e. The number of nitrogens with zero attached hydrogens (tertiary/aromatic N) is 2. The van der Waals surface area contributed by atoms with Crippen molar-refractivity contribution in [2.24, 2.45) is 5.10 Å². The fourth-order valence-electron chi connectivity index (χ4n) is 1.78. The maximum Gasteiger partial charge on any atom is 0.283 e. The van der Waals surface area contributed by atoms with Crippen molar-refractivity contribution in [2.45, 2.75) is 13.8 Å². The first kappa shape index (κ1) is 17.2. The molecule has 0 unspecified atom stereocenters. The number of thiazole rings is 1.